The van der Waals surface area contributed by atoms with Crippen LogP contribution < -0.4 is 10.5 Å². The number of methoxy groups -OCH3 is 1. The van der Waals surface area contributed by atoms with Gasteiger partial charge in [0.2, 0.25) is 0 Å². The van der Waals surface area contributed by atoms with Crippen LogP contribution in [0.2, 0.25) is 0 Å². The van der Waals surface area contributed by atoms with Crippen LogP contribution in [0.3, 0.4) is 0 Å². The van der Waals surface area contributed by atoms with Gasteiger partial charge in [-0.05, 0) is 18.2 Å². The first kappa shape index (κ1) is 9.59. The molecule has 0 fully saturated rings. The minimum atomic E-state index is 0.506. The fourth-order valence-corrected chi connectivity index (χ4v) is 1.00. The Morgan fingerprint density at radius 2 is 2.23 bits per heavy atom. The van der Waals surface area contributed by atoms with Crippen molar-refractivity contribution in [2.24, 2.45) is 5.73 Å². The highest BCUT2D eigenvalue weighted by molar-refractivity contribution is 5.56. The third-order valence-corrected chi connectivity index (χ3v) is 1.61. The van der Waals surface area contributed by atoms with Crippen LogP contribution in [0.5, 0.6) is 5.75 Å². The topological polar surface area (TPSA) is 35.2 Å². The summed E-state index contributed by atoms with van der Waals surface area (Å²) in [7, 11) is 1.65. The van der Waals surface area contributed by atoms with Crippen molar-refractivity contribution in [3.05, 3.63) is 41.6 Å². The predicted octanol–water partition coefficient (Wildman–Crippen LogP) is 1.82. The SMILES string of the molecule is COc1ccccc1C=C=CCN. The third kappa shape index (κ3) is 2.79. The Morgan fingerprint density at radius 3 is 2.92 bits per heavy atom. The van der Waals surface area contributed by atoms with Gasteiger partial charge in [-0.1, -0.05) is 18.2 Å². The normalized spacial score (nSPS) is 8.77. The van der Waals surface area contributed by atoms with Crippen LogP contribution in [0.15, 0.2) is 36.1 Å². The average Bonchev–Trinajstić information content (AvgIpc) is 2.19. The Hall–Kier alpha value is -1.50. The zero-order valence-corrected chi connectivity index (χ0v) is 7.66. The van der Waals surface area contributed by atoms with E-state index in [4.69, 9.17) is 10.5 Å². The minimum Gasteiger partial charge on any atom is -0.496 e. The Bertz CT molecular complexity index is 325. The molecule has 0 atom stereocenters. The second-order valence-electron chi connectivity index (χ2n) is 2.49. The molecule has 68 valence electrons. The number of nitrogens with two attached hydrogens (primary N) is 1. The molecular weight excluding hydrogens is 162 g/mol. The Morgan fingerprint density at radius 1 is 1.46 bits per heavy atom. The van der Waals surface area contributed by atoms with Crippen LogP contribution in [0.25, 0.3) is 6.08 Å². The predicted molar refractivity (Wildman–Crippen MR) is 54.6 cm³/mol. The Kier molecular flexibility index (Phi) is 3.83. The second kappa shape index (κ2) is 5.20. The van der Waals surface area contributed by atoms with Crippen molar-refractivity contribution in [3.8, 4) is 5.75 Å². The van der Waals surface area contributed by atoms with Crippen LogP contribution in [0.1, 0.15) is 5.56 Å². The van der Waals surface area contributed by atoms with Crippen molar-refractivity contribution in [2.75, 3.05) is 13.7 Å². The first-order valence-electron chi connectivity index (χ1n) is 4.12. The molecule has 1 rings (SSSR count). The van der Waals surface area contributed by atoms with E-state index >= 15 is 0 Å². The highest BCUT2D eigenvalue weighted by Gasteiger charge is 1.94. The summed E-state index contributed by atoms with van der Waals surface area (Å²) < 4.78 is 5.16. The number of ether oxygens (including phenoxy) is 1. The summed E-state index contributed by atoms with van der Waals surface area (Å²) in [6.07, 6.45) is 3.62. The van der Waals surface area contributed by atoms with Gasteiger partial charge < -0.3 is 10.5 Å². The standard InChI is InChI=1S/C11H13NO/c1-13-11-8-3-2-6-10(11)7-4-5-9-12/h2-3,5-8H,9,12H2,1H3. The van der Waals surface area contributed by atoms with Crippen LogP contribution >= 0.6 is 0 Å². The van der Waals surface area contributed by atoms with E-state index < -0.39 is 0 Å². The molecule has 1 aromatic carbocycles. The summed E-state index contributed by atoms with van der Waals surface area (Å²) in [5.41, 5.74) is 9.27. The van der Waals surface area contributed by atoms with E-state index in [2.05, 4.69) is 5.73 Å². The maximum Gasteiger partial charge on any atom is 0.126 e. The summed E-state index contributed by atoms with van der Waals surface area (Å²) in [4.78, 5) is 0. The lowest BCUT2D eigenvalue weighted by Crippen LogP contribution is -1.91. The zero-order valence-electron chi connectivity index (χ0n) is 7.66. The van der Waals surface area contributed by atoms with E-state index in [1.54, 1.807) is 13.2 Å². The van der Waals surface area contributed by atoms with Crippen LogP contribution in [-0.4, -0.2) is 13.7 Å². The maximum absolute atomic E-state index is 5.29. The van der Waals surface area contributed by atoms with Gasteiger partial charge in [0.05, 0.1) is 7.11 Å². The largest absolute Gasteiger partial charge is 0.496 e. The van der Waals surface area contributed by atoms with Crippen molar-refractivity contribution < 1.29 is 4.74 Å². The van der Waals surface area contributed by atoms with Gasteiger partial charge >= 0.3 is 0 Å². The van der Waals surface area contributed by atoms with Gasteiger partial charge in [0.15, 0.2) is 0 Å². The van der Waals surface area contributed by atoms with Crippen molar-refractivity contribution in [2.45, 2.75) is 0 Å². The van der Waals surface area contributed by atoms with E-state index in [0.717, 1.165) is 11.3 Å². The number of rotatable bonds is 3. The molecule has 2 nitrogen and oxygen atoms in total. The number of hydrogen-bond donors (Lipinski definition) is 1. The molecule has 0 saturated carbocycles. The number of hydrogen-bond acceptors (Lipinski definition) is 2. The lowest BCUT2D eigenvalue weighted by Gasteiger charge is -2.01. The fraction of sp³-hybridized carbons (Fsp3) is 0.182. The molecule has 0 aromatic heterocycles. The molecule has 1 aromatic rings. The van der Waals surface area contributed by atoms with E-state index in [9.17, 15) is 0 Å². The van der Waals surface area contributed by atoms with E-state index in [1.165, 1.54) is 0 Å². The van der Waals surface area contributed by atoms with Crippen LogP contribution in [-0.2, 0) is 0 Å². The lowest BCUT2D eigenvalue weighted by atomic mass is 10.2. The highest BCUT2D eigenvalue weighted by Crippen LogP contribution is 2.17. The summed E-state index contributed by atoms with van der Waals surface area (Å²) in [6, 6.07) is 7.77. The maximum atomic E-state index is 5.29. The molecule has 0 aliphatic rings. The van der Waals surface area contributed by atoms with Crippen molar-refractivity contribution in [3.63, 3.8) is 0 Å². The smallest absolute Gasteiger partial charge is 0.126 e. The number of benzene rings is 1. The molecule has 0 aliphatic carbocycles. The minimum absolute atomic E-state index is 0.506. The molecule has 13 heavy (non-hydrogen) atoms. The molecule has 0 unspecified atom stereocenters. The third-order valence-electron chi connectivity index (χ3n) is 1.61. The van der Waals surface area contributed by atoms with Crippen molar-refractivity contribution >= 4 is 6.08 Å². The molecule has 2 N–H and O–H groups in total. The molecule has 0 heterocycles. The van der Waals surface area contributed by atoms with Gasteiger partial charge in [-0.2, -0.15) is 0 Å². The lowest BCUT2D eigenvalue weighted by molar-refractivity contribution is 0.414. The summed E-state index contributed by atoms with van der Waals surface area (Å²) in [5.74, 6) is 0.848. The molecule has 0 bridgehead atoms. The molecule has 0 spiro atoms. The fourth-order valence-electron chi connectivity index (χ4n) is 1.00. The summed E-state index contributed by atoms with van der Waals surface area (Å²) in [6.45, 7) is 0.506. The molecular formula is C11H13NO. The van der Waals surface area contributed by atoms with Gasteiger partial charge in [-0.15, -0.1) is 5.73 Å². The highest BCUT2D eigenvalue weighted by atomic mass is 16.5. The quantitative estimate of drug-likeness (QED) is 0.711. The average molecular weight is 175 g/mol. The van der Waals surface area contributed by atoms with Gasteiger partial charge in [0.1, 0.15) is 5.75 Å². The van der Waals surface area contributed by atoms with E-state index in [-0.39, 0.29) is 0 Å². The Balaban J connectivity index is 2.93. The van der Waals surface area contributed by atoms with Gasteiger partial charge in [0.25, 0.3) is 0 Å². The van der Waals surface area contributed by atoms with Gasteiger partial charge in [-0.3, -0.25) is 0 Å². The number of para-hydroxylation sites is 1. The van der Waals surface area contributed by atoms with Crippen LogP contribution in [0.4, 0.5) is 0 Å². The molecule has 0 aliphatic heterocycles. The molecule has 0 amide bonds. The zero-order chi connectivity index (χ0) is 9.52. The van der Waals surface area contributed by atoms with E-state index in [0.29, 0.717) is 6.54 Å². The van der Waals surface area contributed by atoms with E-state index in [1.807, 2.05) is 30.3 Å². The first-order chi connectivity index (χ1) is 6.38. The first-order valence-corrected chi connectivity index (χ1v) is 4.12. The van der Waals surface area contributed by atoms with Gasteiger partial charge in [0, 0.05) is 12.1 Å². The second-order valence-corrected chi connectivity index (χ2v) is 2.49. The summed E-state index contributed by atoms with van der Waals surface area (Å²) >= 11 is 0. The molecule has 2 heteroatoms. The van der Waals surface area contributed by atoms with Crippen LogP contribution in [0, 0.1) is 0 Å². The Labute approximate surface area is 78.3 Å². The van der Waals surface area contributed by atoms with Gasteiger partial charge in [-0.25, -0.2) is 0 Å². The van der Waals surface area contributed by atoms with Crippen molar-refractivity contribution in [1.82, 2.24) is 0 Å². The van der Waals surface area contributed by atoms with Crippen molar-refractivity contribution in [1.29, 1.82) is 0 Å². The molecule has 0 radical (unpaired) electrons. The molecule has 0 saturated heterocycles. The monoisotopic (exact) mass is 175 g/mol. The summed E-state index contributed by atoms with van der Waals surface area (Å²) in [5, 5.41) is 0.